The number of hydrogen-bond donors (Lipinski definition) is 1. The zero-order chi connectivity index (χ0) is 13.7. The fourth-order valence-electron chi connectivity index (χ4n) is 1.84. The number of methoxy groups -OCH3 is 1. The van der Waals surface area contributed by atoms with Gasteiger partial charge in [-0.05, 0) is 24.0 Å². The number of carbonyl (C=O) groups is 1. The number of benzene rings is 1. The molecule has 0 saturated carbocycles. The summed E-state index contributed by atoms with van der Waals surface area (Å²) in [5.41, 5.74) is 4.46. The molecule has 1 aromatic carbocycles. The van der Waals surface area contributed by atoms with E-state index in [0.29, 0.717) is 12.8 Å². The fraction of sp³-hybridized carbons (Fsp3) is 0.286. The molecular weight excluding hydrogens is 260 g/mol. The number of thioether (sulfide) groups is 1. The van der Waals surface area contributed by atoms with Gasteiger partial charge in [0.1, 0.15) is 5.75 Å². The van der Waals surface area contributed by atoms with E-state index >= 15 is 0 Å². The lowest BCUT2D eigenvalue weighted by molar-refractivity contribution is -0.121. The maximum atomic E-state index is 11.0. The Morgan fingerprint density at radius 2 is 2.21 bits per heavy atom. The topological polar surface area (TPSA) is 50.7 Å². The maximum Gasteiger partial charge on any atom is 0.240 e. The summed E-state index contributed by atoms with van der Waals surface area (Å²) in [5.74, 6) is 0.844. The monoisotopic (exact) mass is 276 g/mol. The second kappa shape index (κ2) is 6.43. The van der Waals surface area contributed by atoms with Crippen LogP contribution in [0.25, 0.3) is 6.08 Å². The molecule has 0 unspecified atom stereocenters. The minimum Gasteiger partial charge on any atom is -0.496 e. The molecule has 0 atom stereocenters. The molecule has 0 bridgehead atoms. The van der Waals surface area contributed by atoms with Gasteiger partial charge in [-0.1, -0.05) is 18.2 Å². The van der Waals surface area contributed by atoms with Gasteiger partial charge in [0.15, 0.2) is 0 Å². The molecular formula is C14H16N2O2S. The summed E-state index contributed by atoms with van der Waals surface area (Å²) in [6.07, 6.45) is 7.14. The van der Waals surface area contributed by atoms with Gasteiger partial charge >= 0.3 is 0 Å². The fourth-order valence-corrected chi connectivity index (χ4v) is 2.56. The van der Waals surface area contributed by atoms with Gasteiger partial charge in [0.25, 0.3) is 0 Å². The van der Waals surface area contributed by atoms with Crippen molar-refractivity contribution in [3.8, 4) is 5.75 Å². The molecule has 0 radical (unpaired) electrons. The van der Waals surface area contributed by atoms with E-state index in [0.717, 1.165) is 21.9 Å². The van der Waals surface area contributed by atoms with Crippen LogP contribution in [0.1, 0.15) is 18.4 Å². The average molecular weight is 276 g/mol. The molecule has 5 heteroatoms. The third-order valence-corrected chi connectivity index (χ3v) is 3.67. The van der Waals surface area contributed by atoms with Crippen molar-refractivity contribution >= 4 is 29.5 Å². The predicted octanol–water partition coefficient (Wildman–Crippen LogP) is 2.70. The summed E-state index contributed by atoms with van der Waals surface area (Å²) in [7, 11) is 1.67. The molecule has 1 amide bonds. The number of nitrogens with one attached hydrogen (secondary N) is 1. The van der Waals surface area contributed by atoms with Crippen LogP contribution >= 0.6 is 11.8 Å². The maximum absolute atomic E-state index is 11.0. The molecule has 1 aromatic rings. The number of ether oxygens (including phenoxy) is 1. The molecule has 0 aliphatic carbocycles. The van der Waals surface area contributed by atoms with Crippen LogP contribution in [0.3, 0.4) is 0 Å². The van der Waals surface area contributed by atoms with Gasteiger partial charge in [-0.3, -0.25) is 4.79 Å². The number of hydrazone groups is 1. The lowest BCUT2D eigenvalue weighted by atomic mass is 10.1. The molecule has 1 aliphatic rings. The number of nitrogens with zero attached hydrogens (tertiary/aromatic N) is 1. The number of carbonyl (C=O) groups excluding carboxylic acids is 1. The normalized spacial score (nSPS) is 15.3. The van der Waals surface area contributed by atoms with E-state index in [1.807, 2.05) is 36.6 Å². The zero-order valence-electron chi connectivity index (χ0n) is 11.0. The quantitative estimate of drug-likeness (QED) is 0.860. The highest BCUT2D eigenvalue weighted by Crippen LogP contribution is 2.31. The van der Waals surface area contributed by atoms with Crippen LogP contribution in [0.2, 0.25) is 0 Å². The van der Waals surface area contributed by atoms with E-state index in [4.69, 9.17) is 4.74 Å². The van der Waals surface area contributed by atoms with Gasteiger partial charge in [0.05, 0.1) is 17.7 Å². The molecule has 1 heterocycles. The van der Waals surface area contributed by atoms with Crippen molar-refractivity contribution in [3.05, 3.63) is 29.8 Å². The van der Waals surface area contributed by atoms with Gasteiger partial charge in [0.2, 0.25) is 5.91 Å². The van der Waals surface area contributed by atoms with Crippen molar-refractivity contribution < 1.29 is 9.53 Å². The molecule has 0 aromatic heterocycles. The number of rotatable bonds is 4. The Bertz CT molecular complexity index is 538. The molecule has 4 nitrogen and oxygen atoms in total. The highest BCUT2D eigenvalue weighted by molar-refractivity contribution is 7.98. The minimum atomic E-state index is -0.0247. The number of allylic oxidation sites excluding steroid dienone is 1. The Balaban J connectivity index is 2.21. The van der Waals surface area contributed by atoms with Crippen LogP contribution in [0.15, 0.2) is 34.3 Å². The molecule has 19 heavy (non-hydrogen) atoms. The summed E-state index contributed by atoms with van der Waals surface area (Å²) >= 11 is 1.65. The van der Waals surface area contributed by atoms with Crippen LogP contribution in [0.5, 0.6) is 5.75 Å². The van der Waals surface area contributed by atoms with E-state index in [9.17, 15) is 4.79 Å². The first-order valence-electron chi connectivity index (χ1n) is 5.99. The lowest BCUT2D eigenvalue weighted by Gasteiger charge is -2.10. The summed E-state index contributed by atoms with van der Waals surface area (Å²) in [5, 5.41) is 4.02. The Kier molecular flexibility index (Phi) is 4.63. The van der Waals surface area contributed by atoms with Crippen LogP contribution in [-0.4, -0.2) is 25.0 Å². The first kappa shape index (κ1) is 13.7. The summed E-state index contributed by atoms with van der Waals surface area (Å²) in [6.45, 7) is 0. The largest absolute Gasteiger partial charge is 0.496 e. The average Bonchev–Trinajstić information content (AvgIpc) is 2.46. The number of hydrogen-bond acceptors (Lipinski definition) is 4. The third-order valence-electron chi connectivity index (χ3n) is 2.82. The molecule has 100 valence electrons. The molecule has 0 spiro atoms. The molecule has 1 aliphatic heterocycles. The Labute approximate surface area is 116 Å². The summed E-state index contributed by atoms with van der Waals surface area (Å²) < 4.78 is 5.34. The van der Waals surface area contributed by atoms with Crippen molar-refractivity contribution in [2.24, 2.45) is 5.10 Å². The lowest BCUT2D eigenvalue weighted by Crippen LogP contribution is -2.24. The molecule has 0 saturated heterocycles. The van der Waals surface area contributed by atoms with Crippen LogP contribution in [-0.2, 0) is 4.79 Å². The second-order valence-electron chi connectivity index (χ2n) is 4.05. The van der Waals surface area contributed by atoms with Crippen molar-refractivity contribution in [2.75, 3.05) is 13.4 Å². The van der Waals surface area contributed by atoms with E-state index in [1.165, 1.54) is 0 Å². The van der Waals surface area contributed by atoms with E-state index in [1.54, 1.807) is 18.9 Å². The SMILES string of the molecule is COc1cccc(C=CC2=NNC(=O)CC2)c1SC. The smallest absolute Gasteiger partial charge is 0.240 e. The highest BCUT2D eigenvalue weighted by atomic mass is 32.2. The van der Waals surface area contributed by atoms with Gasteiger partial charge < -0.3 is 4.74 Å². The third kappa shape index (κ3) is 3.38. The summed E-state index contributed by atoms with van der Waals surface area (Å²) in [6, 6.07) is 5.94. The standard InChI is InChI=1S/C14H16N2O2S/c1-18-12-5-3-4-10(14(12)19-2)6-7-11-8-9-13(17)16-15-11/h3-7H,8-9H2,1-2H3,(H,16,17). The Morgan fingerprint density at radius 3 is 2.84 bits per heavy atom. The zero-order valence-corrected chi connectivity index (χ0v) is 11.8. The number of amides is 1. The van der Waals surface area contributed by atoms with E-state index in [-0.39, 0.29) is 5.91 Å². The Morgan fingerprint density at radius 1 is 1.37 bits per heavy atom. The molecule has 2 rings (SSSR count). The summed E-state index contributed by atoms with van der Waals surface area (Å²) in [4.78, 5) is 12.1. The second-order valence-corrected chi connectivity index (χ2v) is 4.87. The first-order chi connectivity index (χ1) is 9.24. The van der Waals surface area contributed by atoms with Crippen molar-refractivity contribution in [2.45, 2.75) is 17.7 Å². The minimum absolute atomic E-state index is 0.0247. The highest BCUT2D eigenvalue weighted by Gasteiger charge is 2.09. The van der Waals surface area contributed by atoms with E-state index in [2.05, 4.69) is 10.5 Å². The van der Waals surface area contributed by atoms with E-state index < -0.39 is 0 Å². The first-order valence-corrected chi connectivity index (χ1v) is 7.21. The van der Waals surface area contributed by atoms with Gasteiger partial charge in [-0.15, -0.1) is 11.8 Å². The molecule has 0 fully saturated rings. The Hall–Kier alpha value is -1.75. The van der Waals surface area contributed by atoms with Crippen LogP contribution < -0.4 is 10.2 Å². The van der Waals surface area contributed by atoms with Crippen molar-refractivity contribution in [1.82, 2.24) is 5.43 Å². The van der Waals surface area contributed by atoms with Gasteiger partial charge in [-0.25, -0.2) is 5.43 Å². The molecule has 1 N–H and O–H groups in total. The van der Waals surface area contributed by atoms with Crippen LogP contribution in [0, 0.1) is 0 Å². The van der Waals surface area contributed by atoms with Gasteiger partial charge in [0, 0.05) is 12.8 Å². The van der Waals surface area contributed by atoms with Gasteiger partial charge in [-0.2, -0.15) is 5.10 Å². The van der Waals surface area contributed by atoms with Crippen molar-refractivity contribution in [3.63, 3.8) is 0 Å². The van der Waals surface area contributed by atoms with Crippen molar-refractivity contribution in [1.29, 1.82) is 0 Å². The van der Waals surface area contributed by atoms with Crippen LogP contribution in [0.4, 0.5) is 0 Å². The predicted molar refractivity (Wildman–Crippen MR) is 78.6 cm³/mol.